The Morgan fingerprint density at radius 2 is 1.57 bits per heavy atom. The van der Waals surface area contributed by atoms with Gasteiger partial charge in [0, 0.05) is 47.5 Å². The molecule has 0 saturated carbocycles. The van der Waals surface area contributed by atoms with Crippen molar-refractivity contribution in [3.8, 4) is 0 Å². The molecule has 4 aromatic rings. The highest BCUT2D eigenvalue weighted by molar-refractivity contribution is 6.05. The topological polar surface area (TPSA) is 62.7 Å². The maximum Gasteiger partial charge on any atom is 0.339 e. The minimum absolute atomic E-state index is 0.00205. The van der Waals surface area contributed by atoms with Crippen molar-refractivity contribution >= 4 is 34.2 Å². The molecule has 1 aliphatic heterocycles. The van der Waals surface area contributed by atoms with E-state index in [4.69, 9.17) is 9.72 Å². The van der Waals surface area contributed by atoms with Crippen LogP contribution in [0.5, 0.6) is 0 Å². The first-order valence-electron chi connectivity index (χ1n) is 12.9. The maximum absolute atomic E-state index is 13.5. The van der Waals surface area contributed by atoms with Crippen LogP contribution in [0.25, 0.3) is 10.9 Å². The van der Waals surface area contributed by atoms with E-state index in [2.05, 4.69) is 11.8 Å². The van der Waals surface area contributed by atoms with Crippen molar-refractivity contribution in [3.63, 3.8) is 0 Å². The van der Waals surface area contributed by atoms with Crippen LogP contribution in [0, 0.1) is 0 Å². The van der Waals surface area contributed by atoms with Crippen LogP contribution in [0.3, 0.4) is 0 Å². The van der Waals surface area contributed by atoms with E-state index in [1.54, 1.807) is 4.90 Å². The van der Waals surface area contributed by atoms with Gasteiger partial charge in [-0.1, -0.05) is 61.5 Å². The number of hydrogen-bond donors (Lipinski definition) is 0. The van der Waals surface area contributed by atoms with Gasteiger partial charge in [-0.15, -0.1) is 0 Å². The van der Waals surface area contributed by atoms with Crippen LogP contribution in [0.15, 0.2) is 84.9 Å². The number of carbonyl (C=O) groups excluding carboxylic acids is 2. The number of aromatic nitrogens is 1. The van der Waals surface area contributed by atoms with Crippen LogP contribution in [0.1, 0.15) is 41.4 Å². The average Bonchev–Trinajstić information content (AvgIpc) is 2.93. The number of anilines is 2. The third kappa shape index (κ3) is 5.39. The van der Waals surface area contributed by atoms with Crippen molar-refractivity contribution in [3.05, 3.63) is 102 Å². The predicted octanol–water partition coefficient (Wildman–Crippen LogP) is 5.91. The zero-order chi connectivity index (χ0) is 25.6. The van der Waals surface area contributed by atoms with E-state index in [1.165, 1.54) is 0 Å². The minimum Gasteiger partial charge on any atom is -0.462 e. The van der Waals surface area contributed by atoms with E-state index in [9.17, 15) is 9.59 Å². The lowest BCUT2D eigenvalue weighted by Gasteiger charge is -2.29. The van der Waals surface area contributed by atoms with Crippen LogP contribution in [-0.2, 0) is 22.5 Å². The van der Waals surface area contributed by atoms with Crippen molar-refractivity contribution in [2.75, 3.05) is 24.6 Å². The van der Waals surface area contributed by atoms with Crippen LogP contribution in [0.4, 0.5) is 11.4 Å². The molecule has 0 unspecified atom stereocenters. The molecule has 1 amide bonds. The van der Waals surface area contributed by atoms with Gasteiger partial charge in [0.15, 0.2) is 0 Å². The molecular formula is C31H31N3O3. The molecule has 37 heavy (non-hydrogen) atoms. The van der Waals surface area contributed by atoms with E-state index in [1.807, 2.05) is 84.9 Å². The standard InChI is InChI=1S/C31H31N3O3/c1-2-19-33-20-17-28-26(22-33)30(25-15-9-10-16-27(25)32-28)31(36)37-21-18-29(35)34(23-11-5-3-6-12-23)24-13-7-4-8-14-24/h3-16H,2,17-22H2,1H3. The van der Waals surface area contributed by atoms with Crippen LogP contribution in [-0.4, -0.2) is 41.5 Å². The Labute approximate surface area is 217 Å². The Morgan fingerprint density at radius 1 is 0.919 bits per heavy atom. The van der Waals surface area contributed by atoms with E-state index in [-0.39, 0.29) is 18.9 Å². The number of pyridine rings is 1. The highest BCUT2D eigenvalue weighted by atomic mass is 16.5. The van der Waals surface area contributed by atoms with Gasteiger partial charge in [-0.05, 0) is 43.3 Å². The summed E-state index contributed by atoms with van der Waals surface area (Å²) >= 11 is 0. The monoisotopic (exact) mass is 493 g/mol. The fraction of sp³-hybridized carbons (Fsp3) is 0.258. The Bertz CT molecular complexity index is 1350. The molecule has 1 aliphatic rings. The molecule has 188 valence electrons. The van der Waals surface area contributed by atoms with Gasteiger partial charge < -0.3 is 4.74 Å². The molecule has 0 saturated heterocycles. The molecule has 0 bridgehead atoms. The number of amides is 1. The molecule has 0 N–H and O–H groups in total. The summed E-state index contributed by atoms with van der Waals surface area (Å²) in [5, 5.41) is 0.797. The first kappa shape index (κ1) is 24.7. The van der Waals surface area contributed by atoms with Gasteiger partial charge in [-0.25, -0.2) is 4.79 Å². The van der Waals surface area contributed by atoms with Gasteiger partial charge in [0.2, 0.25) is 5.91 Å². The molecule has 5 rings (SSSR count). The van der Waals surface area contributed by atoms with Crippen molar-refractivity contribution < 1.29 is 14.3 Å². The van der Waals surface area contributed by atoms with Gasteiger partial charge in [0.1, 0.15) is 6.61 Å². The van der Waals surface area contributed by atoms with Gasteiger partial charge in [-0.2, -0.15) is 0 Å². The summed E-state index contributed by atoms with van der Waals surface area (Å²) < 4.78 is 5.76. The van der Waals surface area contributed by atoms with Crippen LogP contribution < -0.4 is 4.90 Å². The Hall–Kier alpha value is -4.03. The van der Waals surface area contributed by atoms with E-state index >= 15 is 0 Å². The van der Waals surface area contributed by atoms with Crippen LogP contribution >= 0.6 is 0 Å². The molecule has 0 radical (unpaired) electrons. The largest absolute Gasteiger partial charge is 0.462 e. The second-order valence-corrected chi connectivity index (χ2v) is 9.24. The second-order valence-electron chi connectivity index (χ2n) is 9.24. The van der Waals surface area contributed by atoms with Gasteiger partial charge in [0.05, 0.1) is 17.5 Å². The number of benzene rings is 3. The number of fused-ring (bicyclic) bond motifs is 2. The first-order chi connectivity index (χ1) is 18.2. The SMILES string of the molecule is CCCN1CCc2nc3ccccc3c(C(=O)OCCC(=O)N(c3ccccc3)c3ccccc3)c2C1. The summed E-state index contributed by atoms with van der Waals surface area (Å²) in [6, 6.07) is 26.7. The summed E-state index contributed by atoms with van der Waals surface area (Å²) in [6.45, 7) is 4.75. The van der Waals surface area contributed by atoms with Crippen molar-refractivity contribution in [2.24, 2.45) is 0 Å². The number of hydrogen-bond acceptors (Lipinski definition) is 5. The Morgan fingerprint density at radius 3 is 2.24 bits per heavy atom. The fourth-order valence-electron chi connectivity index (χ4n) is 4.99. The summed E-state index contributed by atoms with van der Waals surface area (Å²) in [5.74, 6) is -0.534. The average molecular weight is 494 g/mol. The summed E-state index contributed by atoms with van der Waals surface area (Å²) in [4.78, 5) is 35.7. The number of rotatable bonds is 8. The molecule has 0 spiro atoms. The highest BCUT2D eigenvalue weighted by Crippen LogP contribution is 2.29. The molecule has 6 nitrogen and oxygen atoms in total. The minimum atomic E-state index is -0.396. The lowest BCUT2D eigenvalue weighted by Crippen LogP contribution is -2.33. The number of carbonyl (C=O) groups is 2. The Kier molecular flexibility index (Phi) is 7.57. The normalized spacial score (nSPS) is 13.2. The van der Waals surface area contributed by atoms with E-state index in [0.717, 1.165) is 59.5 Å². The lowest BCUT2D eigenvalue weighted by atomic mass is 9.95. The number of esters is 1. The molecule has 3 aromatic carbocycles. The van der Waals surface area contributed by atoms with Gasteiger partial charge >= 0.3 is 5.97 Å². The summed E-state index contributed by atoms with van der Waals surface area (Å²) in [5.41, 5.74) is 4.84. The van der Waals surface area contributed by atoms with Crippen molar-refractivity contribution in [1.29, 1.82) is 0 Å². The third-order valence-electron chi connectivity index (χ3n) is 6.70. The zero-order valence-electron chi connectivity index (χ0n) is 21.1. The molecule has 6 heteroatoms. The number of ether oxygens (including phenoxy) is 1. The van der Waals surface area contributed by atoms with E-state index in [0.29, 0.717) is 12.1 Å². The fourth-order valence-corrected chi connectivity index (χ4v) is 4.99. The van der Waals surface area contributed by atoms with Gasteiger partial charge in [0.25, 0.3) is 0 Å². The zero-order valence-corrected chi connectivity index (χ0v) is 21.1. The number of nitrogens with zero attached hydrogens (tertiary/aromatic N) is 3. The molecular weight excluding hydrogens is 462 g/mol. The predicted molar refractivity (Wildman–Crippen MR) is 146 cm³/mol. The molecule has 0 atom stereocenters. The maximum atomic E-state index is 13.5. The molecule has 0 fully saturated rings. The molecule has 0 aliphatic carbocycles. The molecule has 1 aromatic heterocycles. The van der Waals surface area contributed by atoms with Crippen molar-refractivity contribution in [2.45, 2.75) is 32.7 Å². The quantitative estimate of drug-likeness (QED) is 0.285. The van der Waals surface area contributed by atoms with Crippen LogP contribution in [0.2, 0.25) is 0 Å². The Balaban J connectivity index is 1.36. The molecule has 2 heterocycles. The third-order valence-corrected chi connectivity index (χ3v) is 6.70. The summed E-state index contributed by atoms with van der Waals surface area (Å²) in [7, 11) is 0. The number of para-hydroxylation sites is 3. The second kappa shape index (κ2) is 11.4. The van der Waals surface area contributed by atoms with Gasteiger partial charge in [-0.3, -0.25) is 19.6 Å². The highest BCUT2D eigenvalue weighted by Gasteiger charge is 2.27. The smallest absolute Gasteiger partial charge is 0.339 e. The van der Waals surface area contributed by atoms with E-state index < -0.39 is 5.97 Å². The first-order valence-corrected chi connectivity index (χ1v) is 12.9. The lowest BCUT2D eigenvalue weighted by molar-refractivity contribution is -0.118. The summed E-state index contributed by atoms with van der Waals surface area (Å²) in [6.07, 6.45) is 1.93. The van der Waals surface area contributed by atoms with Crippen molar-refractivity contribution in [1.82, 2.24) is 9.88 Å².